The lowest BCUT2D eigenvalue weighted by molar-refractivity contribution is -0.138. The highest BCUT2D eigenvalue weighted by Crippen LogP contribution is 2.42. The Balaban J connectivity index is 1.78. The number of alkyl halides is 3. The van der Waals surface area contributed by atoms with Gasteiger partial charge in [-0.1, -0.05) is 12.1 Å². The summed E-state index contributed by atoms with van der Waals surface area (Å²) in [6.45, 7) is 7.02. The molecular weight excluding hydrogens is 393 g/mol. The van der Waals surface area contributed by atoms with Crippen molar-refractivity contribution in [2.75, 3.05) is 5.32 Å². The van der Waals surface area contributed by atoms with E-state index in [-0.39, 0.29) is 16.7 Å². The van der Waals surface area contributed by atoms with Gasteiger partial charge in [-0.3, -0.25) is 4.79 Å². The van der Waals surface area contributed by atoms with Crippen LogP contribution >= 0.6 is 0 Å². The summed E-state index contributed by atoms with van der Waals surface area (Å²) in [6, 6.07) is 5.25. The predicted molar refractivity (Wildman–Crippen MR) is 110 cm³/mol. The number of rotatable bonds is 4. The summed E-state index contributed by atoms with van der Waals surface area (Å²) in [4.78, 5) is 21.4. The molecule has 30 heavy (non-hydrogen) atoms. The third kappa shape index (κ3) is 3.55. The largest absolute Gasteiger partial charge is 0.416 e. The fraction of sp³-hybridized carbons (Fsp3) is 0.409. The molecule has 1 N–H and O–H groups in total. The van der Waals surface area contributed by atoms with Gasteiger partial charge in [0, 0.05) is 17.8 Å². The monoisotopic (exact) mass is 416 g/mol. The number of benzene rings is 1. The Hall–Kier alpha value is -2.90. The van der Waals surface area contributed by atoms with Gasteiger partial charge in [0.2, 0.25) is 0 Å². The van der Waals surface area contributed by atoms with Gasteiger partial charge in [0.1, 0.15) is 11.6 Å². The van der Waals surface area contributed by atoms with Gasteiger partial charge in [-0.25, -0.2) is 9.97 Å². The minimum absolute atomic E-state index is 0.117. The van der Waals surface area contributed by atoms with Crippen molar-refractivity contribution >= 4 is 16.7 Å². The molecule has 2 heterocycles. The maximum absolute atomic E-state index is 13.3. The first kappa shape index (κ1) is 20.4. The lowest BCUT2D eigenvalue weighted by Crippen LogP contribution is -2.27. The summed E-state index contributed by atoms with van der Waals surface area (Å²) >= 11 is 0. The Morgan fingerprint density at radius 3 is 2.53 bits per heavy atom. The third-order valence-corrected chi connectivity index (χ3v) is 5.90. The van der Waals surface area contributed by atoms with E-state index in [4.69, 9.17) is 0 Å². The zero-order valence-corrected chi connectivity index (χ0v) is 17.3. The quantitative estimate of drug-likeness (QED) is 0.642. The van der Waals surface area contributed by atoms with Crippen molar-refractivity contribution in [2.24, 2.45) is 0 Å². The van der Waals surface area contributed by atoms with Gasteiger partial charge in [0.25, 0.3) is 5.56 Å². The van der Waals surface area contributed by atoms with Crippen molar-refractivity contribution in [1.82, 2.24) is 14.5 Å². The minimum Gasteiger partial charge on any atom is -0.363 e. The summed E-state index contributed by atoms with van der Waals surface area (Å²) in [7, 11) is 0. The van der Waals surface area contributed by atoms with Crippen LogP contribution in [-0.2, 0) is 11.7 Å². The molecule has 0 amide bonds. The first-order chi connectivity index (χ1) is 14.0. The van der Waals surface area contributed by atoms with Gasteiger partial charge >= 0.3 is 6.18 Å². The first-order valence-corrected chi connectivity index (χ1v) is 9.84. The second kappa shape index (κ2) is 6.82. The van der Waals surface area contributed by atoms with Gasteiger partial charge in [-0.2, -0.15) is 13.2 Å². The van der Waals surface area contributed by atoms with E-state index in [1.807, 2.05) is 6.92 Å². The maximum atomic E-state index is 13.3. The second-order valence-electron chi connectivity index (χ2n) is 8.28. The molecule has 8 heteroatoms. The van der Waals surface area contributed by atoms with Crippen LogP contribution in [0.2, 0.25) is 0 Å². The van der Waals surface area contributed by atoms with Crippen molar-refractivity contribution in [3.8, 4) is 0 Å². The Morgan fingerprint density at radius 1 is 1.20 bits per heavy atom. The van der Waals surface area contributed by atoms with Crippen molar-refractivity contribution in [2.45, 2.75) is 58.3 Å². The molecule has 1 aliphatic carbocycles. The molecule has 0 unspecified atom stereocenters. The number of halogens is 3. The highest BCUT2D eigenvalue weighted by molar-refractivity contribution is 5.88. The SMILES string of the molecule is Cc1nc(N[C@H](C)c2cccc(C(F)(F)F)c2C)c2cn(C3(C)CC3)c(=O)cc2n1. The number of nitrogens with one attached hydrogen (secondary N) is 1. The summed E-state index contributed by atoms with van der Waals surface area (Å²) in [5.74, 6) is 0.979. The van der Waals surface area contributed by atoms with Crippen LogP contribution in [0, 0.1) is 13.8 Å². The molecule has 1 fully saturated rings. The number of pyridine rings is 1. The molecule has 1 aliphatic rings. The third-order valence-electron chi connectivity index (χ3n) is 5.90. The number of hydrogen-bond donors (Lipinski definition) is 1. The van der Waals surface area contributed by atoms with Gasteiger partial charge in [-0.15, -0.1) is 0 Å². The lowest BCUT2D eigenvalue weighted by Gasteiger charge is -2.21. The van der Waals surface area contributed by atoms with Crippen LogP contribution in [0.15, 0.2) is 35.3 Å². The number of nitrogens with zero attached hydrogens (tertiary/aromatic N) is 3. The molecular formula is C22H23F3N4O. The van der Waals surface area contributed by atoms with Crippen molar-refractivity contribution < 1.29 is 13.2 Å². The van der Waals surface area contributed by atoms with E-state index in [1.165, 1.54) is 19.1 Å². The summed E-state index contributed by atoms with van der Waals surface area (Å²) < 4.78 is 41.6. The molecule has 2 aromatic heterocycles. The van der Waals surface area contributed by atoms with E-state index in [2.05, 4.69) is 15.3 Å². The van der Waals surface area contributed by atoms with Crippen LogP contribution in [0.5, 0.6) is 0 Å². The number of hydrogen-bond acceptors (Lipinski definition) is 4. The molecule has 3 aromatic rings. The number of aryl methyl sites for hydroxylation is 1. The van der Waals surface area contributed by atoms with E-state index < -0.39 is 17.8 Å². The van der Waals surface area contributed by atoms with Gasteiger partial charge in [0.05, 0.1) is 22.5 Å². The van der Waals surface area contributed by atoms with Gasteiger partial charge < -0.3 is 9.88 Å². The van der Waals surface area contributed by atoms with Crippen molar-refractivity contribution in [3.05, 3.63) is 63.3 Å². The van der Waals surface area contributed by atoms with Crippen LogP contribution in [0.4, 0.5) is 19.0 Å². The normalized spacial score (nSPS) is 16.5. The molecule has 1 atom stereocenters. The van der Waals surface area contributed by atoms with E-state index >= 15 is 0 Å². The molecule has 0 aliphatic heterocycles. The van der Waals surface area contributed by atoms with Crippen LogP contribution in [0.25, 0.3) is 10.9 Å². The Bertz CT molecular complexity index is 1200. The minimum atomic E-state index is -4.41. The lowest BCUT2D eigenvalue weighted by atomic mass is 9.97. The smallest absolute Gasteiger partial charge is 0.363 e. The Labute approximate surface area is 172 Å². The van der Waals surface area contributed by atoms with Crippen LogP contribution in [0.1, 0.15) is 55.2 Å². The van der Waals surface area contributed by atoms with E-state index in [9.17, 15) is 18.0 Å². The molecule has 0 radical (unpaired) electrons. The van der Waals surface area contributed by atoms with Crippen LogP contribution in [-0.4, -0.2) is 14.5 Å². The number of anilines is 1. The molecule has 5 nitrogen and oxygen atoms in total. The van der Waals surface area contributed by atoms with E-state index in [0.717, 1.165) is 18.9 Å². The molecule has 0 bridgehead atoms. The zero-order valence-electron chi connectivity index (χ0n) is 17.3. The highest BCUT2D eigenvalue weighted by Gasteiger charge is 2.40. The molecule has 0 saturated heterocycles. The fourth-order valence-corrected chi connectivity index (χ4v) is 3.89. The topological polar surface area (TPSA) is 59.8 Å². The number of fused-ring (bicyclic) bond motifs is 1. The predicted octanol–water partition coefficient (Wildman–Crippen LogP) is 5.11. The van der Waals surface area contributed by atoms with Crippen LogP contribution in [0.3, 0.4) is 0 Å². The van der Waals surface area contributed by atoms with E-state index in [1.54, 1.807) is 30.7 Å². The fourth-order valence-electron chi connectivity index (χ4n) is 3.89. The van der Waals surface area contributed by atoms with E-state index in [0.29, 0.717) is 28.1 Å². The highest BCUT2D eigenvalue weighted by atomic mass is 19.4. The van der Waals surface area contributed by atoms with Gasteiger partial charge in [-0.05, 0) is 57.7 Å². The summed E-state index contributed by atoms with van der Waals surface area (Å²) in [6.07, 6.45) is -0.798. The zero-order chi connectivity index (χ0) is 21.8. The van der Waals surface area contributed by atoms with Gasteiger partial charge in [0.15, 0.2) is 0 Å². The standard InChI is InChI=1S/C22H23F3N4O/c1-12-15(6-5-7-17(12)22(23,24)25)13(2)26-20-16-11-29(21(4)8-9-21)19(30)10-18(16)27-14(3)28-20/h5-7,10-11,13H,8-9H2,1-4H3,(H,26,27,28)/t13-/m1/s1. The Kier molecular flexibility index (Phi) is 4.63. The average molecular weight is 416 g/mol. The average Bonchev–Trinajstić information content (AvgIpc) is 3.38. The van der Waals surface area contributed by atoms with Crippen LogP contribution < -0.4 is 10.9 Å². The molecule has 158 valence electrons. The maximum Gasteiger partial charge on any atom is 0.416 e. The molecule has 4 rings (SSSR count). The molecule has 1 aromatic carbocycles. The number of aromatic nitrogens is 3. The molecule has 0 spiro atoms. The second-order valence-corrected chi connectivity index (χ2v) is 8.28. The summed E-state index contributed by atoms with van der Waals surface area (Å²) in [5, 5.41) is 3.92. The first-order valence-electron chi connectivity index (χ1n) is 9.84. The van der Waals surface area contributed by atoms with Crippen molar-refractivity contribution in [3.63, 3.8) is 0 Å². The van der Waals surface area contributed by atoms with Crippen molar-refractivity contribution in [1.29, 1.82) is 0 Å². The molecule has 1 saturated carbocycles. The Morgan fingerprint density at radius 2 is 1.90 bits per heavy atom. The summed E-state index contributed by atoms with van der Waals surface area (Å²) in [5.41, 5.74) is 0.278.